The summed E-state index contributed by atoms with van der Waals surface area (Å²) in [5.74, 6) is 1.56. The minimum absolute atomic E-state index is 0.0366. The first-order valence-electron chi connectivity index (χ1n) is 8.78. The van der Waals surface area contributed by atoms with Crippen LogP contribution in [0.5, 0.6) is 0 Å². The number of pyridine rings is 1. The maximum Gasteiger partial charge on any atom is 0.237 e. The number of nitrogens with zero attached hydrogens (tertiary/aromatic N) is 3. The van der Waals surface area contributed by atoms with Crippen LogP contribution >= 0.6 is 0 Å². The molecular formula is C18H23N5O. The van der Waals surface area contributed by atoms with E-state index in [0.29, 0.717) is 18.5 Å². The highest BCUT2D eigenvalue weighted by Gasteiger charge is 2.37. The molecular weight excluding hydrogens is 302 g/mol. The van der Waals surface area contributed by atoms with E-state index in [1.807, 2.05) is 24.4 Å². The third-order valence-corrected chi connectivity index (χ3v) is 5.20. The maximum atomic E-state index is 12.5. The van der Waals surface area contributed by atoms with Gasteiger partial charge in [-0.05, 0) is 48.9 Å². The maximum absolute atomic E-state index is 12.5. The van der Waals surface area contributed by atoms with Gasteiger partial charge < -0.3 is 10.6 Å². The highest BCUT2D eigenvalue weighted by Crippen LogP contribution is 2.33. The van der Waals surface area contributed by atoms with Crippen LogP contribution in [0.2, 0.25) is 0 Å². The third-order valence-electron chi connectivity index (χ3n) is 5.20. The highest BCUT2D eigenvalue weighted by atomic mass is 16.2. The summed E-state index contributed by atoms with van der Waals surface area (Å²) in [7, 11) is 0. The molecule has 6 heteroatoms. The largest absolute Gasteiger partial charge is 0.351 e. The number of fused-ring (bicyclic) bond motifs is 1. The van der Waals surface area contributed by atoms with Crippen LogP contribution in [0.4, 0.5) is 0 Å². The highest BCUT2D eigenvalue weighted by molar-refractivity contribution is 5.82. The van der Waals surface area contributed by atoms with Crippen molar-refractivity contribution in [3.63, 3.8) is 0 Å². The first-order valence-corrected chi connectivity index (χ1v) is 8.78. The van der Waals surface area contributed by atoms with Gasteiger partial charge in [-0.3, -0.25) is 4.79 Å². The molecule has 1 aliphatic carbocycles. The lowest BCUT2D eigenvalue weighted by atomic mass is 9.85. The predicted molar refractivity (Wildman–Crippen MR) is 90.5 cm³/mol. The zero-order valence-corrected chi connectivity index (χ0v) is 13.7. The van der Waals surface area contributed by atoms with Gasteiger partial charge in [-0.25, -0.2) is 9.67 Å². The lowest BCUT2D eigenvalue weighted by Gasteiger charge is -2.24. The van der Waals surface area contributed by atoms with E-state index in [2.05, 4.69) is 20.7 Å². The SMILES string of the molecule is O=C(NCc1ccnc(-n2cccn2)c1)C1CC2CCCCC2N1. The van der Waals surface area contributed by atoms with Crippen molar-refractivity contribution in [3.05, 3.63) is 42.4 Å². The van der Waals surface area contributed by atoms with E-state index in [-0.39, 0.29) is 11.9 Å². The molecule has 2 aliphatic rings. The first kappa shape index (κ1) is 15.3. The van der Waals surface area contributed by atoms with E-state index in [1.54, 1.807) is 17.1 Å². The Labute approximate surface area is 141 Å². The number of carbonyl (C=O) groups excluding carboxylic acids is 1. The van der Waals surface area contributed by atoms with Crippen LogP contribution in [0, 0.1) is 5.92 Å². The quantitative estimate of drug-likeness (QED) is 0.899. The van der Waals surface area contributed by atoms with Crippen molar-refractivity contribution in [2.45, 2.75) is 50.7 Å². The van der Waals surface area contributed by atoms with Crippen molar-refractivity contribution in [2.24, 2.45) is 5.92 Å². The monoisotopic (exact) mass is 325 g/mol. The van der Waals surface area contributed by atoms with Crippen LogP contribution in [0.1, 0.15) is 37.7 Å². The fourth-order valence-electron chi connectivity index (χ4n) is 3.93. The molecule has 0 bridgehead atoms. The van der Waals surface area contributed by atoms with Gasteiger partial charge in [-0.2, -0.15) is 5.10 Å². The summed E-state index contributed by atoms with van der Waals surface area (Å²) in [6.45, 7) is 0.517. The van der Waals surface area contributed by atoms with Crippen molar-refractivity contribution < 1.29 is 4.79 Å². The zero-order chi connectivity index (χ0) is 16.4. The van der Waals surface area contributed by atoms with Crippen LogP contribution in [-0.2, 0) is 11.3 Å². The Morgan fingerprint density at radius 1 is 1.33 bits per heavy atom. The van der Waals surface area contributed by atoms with Crippen molar-refractivity contribution >= 4 is 5.91 Å². The van der Waals surface area contributed by atoms with Gasteiger partial charge in [0.1, 0.15) is 0 Å². The van der Waals surface area contributed by atoms with Gasteiger partial charge in [0.2, 0.25) is 5.91 Å². The van der Waals surface area contributed by atoms with E-state index in [9.17, 15) is 4.79 Å². The zero-order valence-electron chi connectivity index (χ0n) is 13.7. The van der Waals surface area contributed by atoms with Crippen molar-refractivity contribution in [1.29, 1.82) is 0 Å². The van der Waals surface area contributed by atoms with Crippen LogP contribution in [0.25, 0.3) is 5.82 Å². The Morgan fingerprint density at radius 3 is 3.08 bits per heavy atom. The molecule has 1 saturated heterocycles. The third kappa shape index (κ3) is 3.19. The lowest BCUT2D eigenvalue weighted by molar-refractivity contribution is -0.123. The van der Waals surface area contributed by atoms with Crippen molar-refractivity contribution in [2.75, 3.05) is 0 Å². The number of carbonyl (C=O) groups is 1. The Kier molecular flexibility index (Phi) is 4.30. The summed E-state index contributed by atoms with van der Waals surface area (Å²) in [5, 5.41) is 10.8. The minimum atomic E-state index is -0.0366. The van der Waals surface area contributed by atoms with Gasteiger partial charge >= 0.3 is 0 Å². The number of amides is 1. The summed E-state index contributed by atoms with van der Waals surface area (Å²) in [6, 6.07) is 6.25. The average Bonchev–Trinajstić information content (AvgIpc) is 3.29. The fourth-order valence-corrected chi connectivity index (χ4v) is 3.93. The number of aromatic nitrogens is 3. The standard InChI is InChI=1S/C18H23N5O/c24-18(16-11-14-4-1-2-5-15(14)22-16)20-12-13-6-8-19-17(10-13)23-9-3-7-21-23/h3,6-10,14-16,22H,1-2,4-5,11-12H2,(H,20,24). The molecule has 3 heterocycles. The van der Waals surface area contributed by atoms with E-state index >= 15 is 0 Å². The molecule has 2 aromatic heterocycles. The molecule has 0 spiro atoms. The molecule has 2 fully saturated rings. The van der Waals surface area contributed by atoms with E-state index in [1.165, 1.54) is 25.7 Å². The molecule has 24 heavy (non-hydrogen) atoms. The molecule has 0 radical (unpaired) electrons. The molecule has 2 aromatic rings. The van der Waals surface area contributed by atoms with E-state index < -0.39 is 0 Å². The Balaban J connectivity index is 1.35. The van der Waals surface area contributed by atoms with E-state index in [4.69, 9.17) is 0 Å². The molecule has 4 rings (SSSR count). The Morgan fingerprint density at radius 2 is 2.25 bits per heavy atom. The van der Waals surface area contributed by atoms with Crippen LogP contribution in [-0.4, -0.2) is 32.8 Å². The summed E-state index contributed by atoms with van der Waals surface area (Å²) in [4.78, 5) is 16.8. The number of hydrogen-bond donors (Lipinski definition) is 2. The van der Waals surface area contributed by atoms with Gasteiger partial charge in [-0.1, -0.05) is 12.8 Å². The van der Waals surface area contributed by atoms with Crippen molar-refractivity contribution in [3.8, 4) is 5.82 Å². The second-order valence-corrected chi connectivity index (χ2v) is 6.80. The molecule has 1 saturated carbocycles. The summed E-state index contributed by atoms with van der Waals surface area (Å²) in [6.07, 6.45) is 11.4. The average molecular weight is 325 g/mol. The topological polar surface area (TPSA) is 71.8 Å². The van der Waals surface area contributed by atoms with Crippen LogP contribution in [0.15, 0.2) is 36.8 Å². The summed E-state index contributed by atoms with van der Waals surface area (Å²) >= 11 is 0. The van der Waals surface area contributed by atoms with E-state index in [0.717, 1.165) is 17.8 Å². The second kappa shape index (κ2) is 6.73. The molecule has 126 valence electrons. The minimum Gasteiger partial charge on any atom is -0.351 e. The second-order valence-electron chi connectivity index (χ2n) is 6.80. The van der Waals surface area contributed by atoms with Crippen molar-refractivity contribution in [1.82, 2.24) is 25.4 Å². The molecule has 3 unspecified atom stereocenters. The molecule has 2 N–H and O–H groups in total. The fraction of sp³-hybridized carbons (Fsp3) is 0.500. The van der Waals surface area contributed by atoms with Crippen LogP contribution < -0.4 is 10.6 Å². The van der Waals surface area contributed by atoms with Gasteiger partial charge in [0.05, 0.1) is 6.04 Å². The molecule has 6 nitrogen and oxygen atoms in total. The van der Waals surface area contributed by atoms with Crippen LogP contribution in [0.3, 0.4) is 0 Å². The molecule has 0 aromatic carbocycles. The van der Waals surface area contributed by atoms with Gasteiger partial charge in [0.15, 0.2) is 5.82 Å². The Hall–Kier alpha value is -2.21. The summed E-state index contributed by atoms with van der Waals surface area (Å²) < 4.78 is 1.72. The normalized spacial score (nSPS) is 26.1. The first-order chi connectivity index (χ1) is 11.8. The van der Waals surface area contributed by atoms with Gasteiger partial charge in [0.25, 0.3) is 0 Å². The smallest absolute Gasteiger partial charge is 0.237 e. The predicted octanol–water partition coefficient (Wildman–Crippen LogP) is 1.80. The number of hydrogen-bond acceptors (Lipinski definition) is 4. The Bertz CT molecular complexity index is 685. The summed E-state index contributed by atoms with van der Waals surface area (Å²) in [5.41, 5.74) is 1.03. The van der Waals surface area contributed by atoms with Gasteiger partial charge in [-0.15, -0.1) is 0 Å². The van der Waals surface area contributed by atoms with Gasteiger partial charge in [0, 0.05) is 31.2 Å². The number of nitrogens with one attached hydrogen (secondary N) is 2. The molecule has 3 atom stereocenters. The number of rotatable bonds is 4. The molecule has 1 amide bonds. The molecule has 1 aliphatic heterocycles. The lowest BCUT2D eigenvalue weighted by Crippen LogP contribution is -2.42.